The molecule has 3 aromatic heterocycles. The molecule has 0 radical (unpaired) electrons. The number of rotatable bonds is 5. The molecule has 1 aliphatic rings. The maximum absolute atomic E-state index is 15.1. The zero-order chi connectivity index (χ0) is 27.7. The highest BCUT2D eigenvalue weighted by Crippen LogP contribution is 2.34. The molecule has 10 nitrogen and oxygen atoms in total. The molecule has 4 N–H and O–H groups in total. The Bertz CT molecular complexity index is 1510. The number of ether oxygens (including phenoxy) is 1. The molecule has 4 heterocycles. The lowest BCUT2D eigenvalue weighted by molar-refractivity contribution is -0.137. The number of nitrogens with zero attached hydrogens (tertiary/aromatic N) is 5. The first kappa shape index (κ1) is 26.2. The molecule has 2 amide bonds. The maximum Gasteiger partial charge on any atom is 0.416 e. The van der Waals surface area contributed by atoms with Crippen LogP contribution in [0.1, 0.15) is 11.3 Å². The van der Waals surface area contributed by atoms with Crippen molar-refractivity contribution in [2.75, 3.05) is 42.7 Å². The third-order valence-electron chi connectivity index (χ3n) is 6.07. The summed E-state index contributed by atoms with van der Waals surface area (Å²) >= 11 is 0. The number of morpholine rings is 1. The van der Waals surface area contributed by atoms with Crippen LogP contribution in [0.25, 0.3) is 16.6 Å². The number of aromatic nitrogens is 4. The lowest BCUT2D eigenvalue weighted by Gasteiger charge is -2.26. The van der Waals surface area contributed by atoms with Gasteiger partial charge in [-0.3, -0.25) is 10.2 Å². The quantitative estimate of drug-likeness (QED) is 0.320. The normalized spacial score (nSPS) is 14.5. The van der Waals surface area contributed by atoms with Gasteiger partial charge in [0.1, 0.15) is 35.0 Å². The van der Waals surface area contributed by atoms with Gasteiger partial charge in [0.15, 0.2) is 5.82 Å². The molecule has 39 heavy (non-hydrogen) atoms. The van der Waals surface area contributed by atoms with E-state index in [-0.39, 0.29) is 11.4 Å². The number of halogens is 5. The fourth-order valence-electron chi connectivity index (χ4n) is 4.24. The number of carbonyl (C=O) groups excluding carboxylic acids is 1. The Morgan fingerprint density at radius 3 is 2.46 bits per heavy atom. The van der Waals surface area contributed by atoms with Gasteiger partial charge in [0.2, 0.25) is 0 Å². The fourth-order valence-corrected chi connectivity index (χ4v) is 4.24. The molecule has 0 atom stereocenters. The van der Waals surface area contributed by atoms with E-state index in [1.54, 1.807) is 10.6 Å². The standard InChI is InChI=1S/C24H21F5N8O2/c25-17-7-13(8-18(26)20(17)35-23(38)34-19-9-14(1-2-31-19)24(27,28)29)16-10-15(11-36-3-5-39-6-4-36)37-21(16)22(30)32-12-33-37/h1-2,7-10,12H,3-6,11H2,(H2,30,32,33)(H2,31,34,35,38). The van der Waals surface area contributed by atoms with Gasteiger partial charge in [0.05, 0.1) is 24.5 Å². The van der Waals surface area contributed by atoms with Gasteiger partial charge >= 0.3 is 12.2 Å². The van der Waals surface area contributed by atoms with Crippen molar-refractivity contribution < 1.29 is 31.5 Å². The van der Waals surface area contributed by atoms with E-state index < -0.39 is 40.9 Å². The molecule has 5 rings (SSSR count). The number of nitrogens with two attached hydrogens (primary N) is 1. The summed E-state index contributed by atoms with van der Waals surface area (Å²) in [5, 5.41) is 8.27. The van der Waals surface area contributed by atoms with E-state index >= 15 is 8.78 Å². The summed E-state index contributed by atoms with van der Waals surface area (Å²) in [6.07, 6.45) is -2.54. The number of pyridine rings is 1. The second-order valence-electron chi connectivity index (χ2n) is 8.67. The van der Waals surface area contributed by atoms with E-state index in [2.05, 4.69) is 20.0 Å². The molecule has 1 aliphatic heterocycles. The molecular weight excluding hydrogens is 527 g/mol. The number of urea groups is 1. The molecule has 15 heteroatoms. The first-order valence-corrected chi connectivity index (χ1v) is 11.6. The van der Waals surface area contributed by atoms with Crippen molar-refractivity contribution in [3.8, 4) is 11.1 Å². The Kier molecular flexibility index (Phi) is 7.01. The highest BCUT2D eigenvalue weighted by molar-refractivity contribution is 5.99. The lowest BCUT2D eigenvalue weighted by Crippen LogP contribution is -2.36. The van der Waals surface area contributed by atoms with E-state index in [4.69, 9.17) is 10.5 Å². The number of carbonyl (C=O) groups is 1. The zero-order valence-electron chi connectivity index (χ0n) is 20.1. The van der Waals surface area contributed by atoms with Crippen LogP contribution in [0.5, 0.6) is 0 Å². The van der Waals surface area contributed by atoms with Crippen LogP contribution < -0.4 is 16.4 Å². The number of amides is 2. The van der Waals surface area contributed by atoms with Gasteiger partial charge in [-0.25, -0.2) is 28.1 Å². The second kappa shape index (κ2) is 10.4. The topological polar surface area (TPSA) is 123 Å². The van der Waals surface area contributed by atoms with Gasteiger partial charge in [-0.1, -0.05) is 0 Å². The van der Waals surface area contributed by atoms with Crippen LogP contribution in [0.3, 0.4) is 0 Å². The van der Waals surface area contributed by atoms with E-state index in [1.165, 1.54) is 6.33 Å². The Balaban J connectivity index is 1.41. The Morgan fingerprint density at radius 1 is 1.05 bits per heavy atom. The largest absolute Gasteiger partial charge is 0.416 e. The van der Waals surface area contributed by atoms with Gasteiger partial charge in [0.25, 0.3) is 0 Å². The number of benzene rings is 1. The summed E-state index contributed by atoms with van der Waals surface area (Å²) in [5.41, 5.74) is 5.79. The van der Waals surface area contributed by atoms with Crippen molar-refractivity contribution in [1.29, 1.82) is 0 Å². The van der Waals surface area contributed by atoms with Crippen molar-refractivity contribution in [2.45, 2.75) is 12.7 Å². The molecule has 1 saturated heterocycles. The highest BCUT2D eigenvalue weighted by atomic mass is 19.4. The third-order valence-corrected chi connectivity index (χ3v) is 6.07. The molecule has 1 fully saturated rings. The zero-order valence-corrected chi connectivity index (χ0v) is 20.1. The molecule has 204 valence electrons. The molecule has 0 bridgehead atoms. The van der Waals surface area contributed by atoms with Gasteiger partial charge < -0.3 is 15.8 Å². The minimum Gasteiger partial charge on any atom is -0.382 e. The summed E-state index contributed by atoms with van der Waals surface area (Å²) in [5.74, 6) is -2.60. The lowest BCUT2D eigenvalue weighted by atomic mass is 10.1. The first-order chi connectivity index (χ1) is 18.6. The third kappa shape index (κ3) is 5.58. The Morgan fingerprint density at radius 2 is 1.77 bits per heavy atom. The number of hydrogen-bond donors (Lipinski definition) is 3. The molecular formula is C24H21F5N8O2. The molecule has 1 aromatic carbocycles. The second-order valence-corrected chi connectivity index (χ2v) is 8.67. The molecule has 0 aliphatic carbocycles. The summed E-state index contributed by atoms with van der Waals surface area (Å²) in [6.45, 7) is 3.04. The highest BCUT2D eigenvalue weighted by Gasteiger charge is 2.31. The SMILES string of the molecule is Nc1ncnn2c(CN3CCOCC3)cc(-c3cc(F)c(NC(=O)Nc4cc(C(F)(F)F)ccn4)c(F)c3)c12. The van der Waals surface area contributed by atoms with Crippen molar-refractivity contribution >= 4 is 28.9 Å². The summed E-state index contributed by atoms with van der Waals surface area (Å²) in [7, 11) is 0. The molecule has 0 unspecified atom stereocenters. The Labute approximate surface area is 217 Å². The van der Waals surface area contributed by atoms with Gasteiger partial charge in [-0.05, 0) is 35.9 Å². The molecule has 0 spiro atoms. The van der Waals surface area contributed by atoms with E-state index in [0.717, 1.165) is 24.4 Å². The van der Waals surface area contributed by atoms with Crippen LogP contribution in [-0.4, -0.2) is 56.8 Å². The number of anilines is 3. The summed E-state index contributed by atoms with van der Waals surface area (Å²) < 4.78 is 75.7. The summed E-state index contributed by atoms with van der Waals surface area (Å²) in [4.78, 5) is 22.0. The number of nitrogen functional groups attached to an aromatic ring is 1. The minimum atomic E-state index is -4.66. The van der Waals surface area contributed by atoms with Crippen LogP contribution in [0.15, 0.2) is 42.9 Å². The first-order valence-electron chi connectivity index (χ1n) is 11.6. The average Bonchev–Trinajstić information content (AvgIpc) is 3.26. The number of hydrogen-bond acceptors (Lipinski definition) is 7. The predicted octanol–water partition coefficient (Wildman–Crippen LogP) is 4.15. The van der Waals surface area contributed by atoms with E-state index in [0.29, 0.717) is 55.7 Å². The van der Waals surface area contributed by atoms with E-state index in [1.807, 2.05) is 10.6 Å². The number of nitrogens with one attached hydrogen (secondary N) is 2. The van der Waals surface area contributed by atoms with Crippen LogP contribution in [-0.2, 0) is 17.5 Å². The predicted molar refractivity (Wildman–Crippen MR) is 131 cm³/mol. The fraction of sp³-hybridized carbons (Fsp3) is 0.250. The minimum absolute atomic E-state index is 0.101. The van der Waals surface area contributed by atoms with Crippen LogP contribution in [0.4, 0.5) is 44.1 Å². The average molecular weight is 548 g/mol. The summed E-state index contributed by atoms with van der Waals surface area (Å²) in [6, 6.07) is 3.84. The van der Waals surface area contributed by atoms with Crippen molar-refractivity contribution in [3.63, 3.8) is 0 Å². The number of alkyl halides is 3. The monoisotopic (exact) mass is 548 g/mol. The van der Waals surface area contributed by atoms with Gasteiger partial charge in [0, 0.05) is 31.4 Å². The Hall–Kier alpha value is -4.37. The van der Waals surface area contributed by atoms with Crippen LogP contribution in [0, 0.1) is 11.6 Å². The van der Waals surface area contributed by atoms with Crippen molar-refractivity contribution in [1.82, 2.24) is 24.5 Å². The van der Waals surface area contributed by atoms with E-state index in [9.17, 15) is 18.0 Å². The maximum atomic E-state index is 15.1. The van der Waals surface area contributed by atoms with Crippen LogP contribution in [0.2, 0.25) is 0 Å². The van der Waals surface area contributed by atoms with Gasteiger partial charge in [-0.15, -0.1) is 0 Å². The molecule has 4 aromatic rings. The van der Waals surface area contributed by atoms with Gasteiger partial charge in [-0.2, -0.15) is 18.3 Å². The van der Waals surface area contributed by atoms with Crippen molar-refractivity contribution in [2.24, 2.45) is 0 Å². The van der Waals surface area contributed by atoms with Crippen LogP contribution >= 0.6 is 0 Å². The number of fused-ring (bicyclic) bond motifs is 1. The molecule has 0 saturated carbocycles. The smallest absolute Gasteiger partial charge is 0.382 e. The van der Waals surface area contributed by atoms with Crippen molar-refractivity contribution in [3.05, 3.63) is 65.7 Å².